The maximum Gasteiger partial charge on any atom is 0.307 e. The number of hydrogen-bond donors (Lipinski definition) is 1. The Balaban J connectivity index is 2.02. The predicted octanol–water partition coefficient (Wildman–Crippen LogP) is 4.74. The Kier molecular flexibility index (Phi) is 6.97. The minimum absolute atomic E-state index is 0.0413. The Labute approximate surface area is 174 Å². The average Bonchev–Trinajstić information content (AvgIpc) is 2.70. The van der Waals surface area contributed by atoms with E-state index in [1.165, 1.54) is 0 Å². The van der Waals surface area contributed by atoms with Crippen LogP contribution in [0.5, 0.6) is 11.5 Å². The van der Waals surface area contributed by atoms with Gasteiger partial charge in [-0.3, -0.25) is 9.69 Å². The van der Waals surface area contributed by atoms with E-state index in [4.69, 9.17) is 9.47 Å². The molecule has 2 unspecified atom stereocenters. The number of carbonyl (C=O) groups is 1. The van der Waals surface area contributed by atoms with Crippen LogP contribution in [0.2, 0.25) is 0 Å². The van der Waals surface area contributed by atoms with Crippen molar-refractivity contribution in [3.63, 3.8) is 0 Å². The van der Waals surface area contributed by atoms with E-state index in [1.807, 2.05) is 37.3 Å². The van der Waals surface area contributed by atoms with E-state index >= 15 is 0 Å². The number of methoxy groups -OCH3 is 1. The second-order valence-corrected chi connectivity index (χ2v) is 7.89. The molecule has 1 saturated heterocycles. The Morgan fingerprint density at radius 1 is 1.21 bits per heavy atom. The molecule has 1 N–H and O–H groups in total. The highest BCUT2D eigenvalue weighted by molar-refractivity contribution is 9.10. The monoisotopic (exact) mass is 447 g/mol. The first-order valence-corrected chi connectivity index (χ1v) is 10.4. The molecule has 28 heavy (non-hydrogen) atoms. The molecule has 0 aromatic heterocycles. The third-order valence-corrected chi connectivity index (χ3v) is 5.68. The number of ether oxygens (including phenoxy) is 2. The van der Waals surface area contributed by atoms with Crippen LogP contribution in [0.4, 0.5) is 0 Å². The van der Waals surface area contributed by atoms with Crippen molar-refractivity contribution < 1.29 is 19.4 Å². The Morgan fingerprint density at radius 3 is 2.57 bits per heavy atom. The summed E-state index contributed by atoms with van der Waals surface area (Å²) < 4.78 is 12.2. The van der Waals surface area contributed by atoms with Crippen molar-refractivity contribution in [2.24, 2.45) is 5.92 Å². The SMILES string of the molecule is CCOc1cc(C(c2ccc(Br)cc2)N2CCCC(C(=O)O)C2)ccc1OC. The summed E-state index contributed by atoms with van der Waals surface area (Å²) in [6.45, 7) is 3.89. The summed E-state index contributed by atoms with van der Waals surface area (Å²) in [5, 5.41) is 9.53. The molecule has 150 valence electrons. The van der Waals surface area contributed by atoms with Gasteiger partial charge in [0, 0.05) is 11.0 Å². The highest BCUT2D eigenvalue weighted by atomic mass is 79.9. The van der Waals surface area contributed by atoms with Gasteiger partial charge in [-0.1, -0.05) is 34.1 Å². The van der Waals surface area contributed by atoms with E-state index < -0.39 is 5.97 Å². The van der Waals surface area contributed by atoms with Gasteiger partial charge in [0.2, 0.25) is 0 Å². The molecule has 1 aliphatic rings. The van der Waals surface area contributed by atoms with Gasteiger partial charge >= 0.3 is 5.97 Å². The lowest BCUT2D eigenvalue weighted by Gasteiger charge is -2.37. The molecule has 5 nitrogen and oxygen atoms in total. The predicted molar refractivity (Wildman–Crippen MR) is 112 cm³/mol. The van der Waals surface area contributed by atoms with Gasteiger partial charge in [0.05, 0.1) is 25.7 Å². The lowest BCUT2D eigenvalue weighted by atomic mass is 9.91. The van der Waals surface area contributed by atoms with Crippen LogP contribution < -0.4 is 9.47 Å². The maximum absolute atomic E-state index is 11.6. The summed E-state index contributed by atoms with van der Waals surface area (Å²) in [5.74, 6) is 0.346. The summed E-state index contributed by atoms with van der Waals surface area (Å²) >= 11 is 3.50. The molecular weight excluding hydrogens is 422 g/mol. The minimum atomic E-state index is -0.719. The summed E-state index contributed by atoms with van der Waals surface area (Å²) in [4.78, 5) is 13.9. The van der Waals surface area contributed by atoms with Gasteiger partial charge in [-0.2, -0.15) is 0 Å². The minimum Gasteiger partial charge on any atom is -0.493 e. The third-order valence-electron chi connectivity index (χ3n) is 5.16. The smallest absolute Gasteiger partial charge is 0.307 e. The molecule has 0 spiro atoms. The number of carboxylic acids is 1. The summed E-state index contributed by atoms with van der Waals surface area (Å²) in [5.41, 5.74) is 2.19. The lowest BCUT2D eigenvalue weighted by Crippen LogP contribution is -2.41. The number of benzene rings is 2. The number of rotatable bonds is 7. The topological polar surface area (TPSA) is 59.0 Å². The number of hydrogen-bond acceptors (Lipinski definition) is 4. The largest absolute Gasteiger partial charge is 0.493 e. The van der Waals surface area contributed by atoms with Crippen molar-refractivity contribution in [1.82, 2.24) is 4.90 Å². The fourth-order valence-corrected chi connectivity index (χ4v) is 4.10. The molecule has 0 amide bonds. The highest BCUT2D eigenvalue weighted by Crippen LogP contribution is 2.37. The molecular formula is C22H26BrNO4. The van der Waals surface area contributed by atoms with Crippen molar-refractivity contribution in [2.45, 2.75) is 25.8 Å². The van der Waals surface area contributed by atoms with E-state index in [9.17, 15) is 9.90 Å². The number of aliphatic carboxylic acids is 1. The van der Waals surface area contributed by atoms with Gasteiger partial charge in [-0.25, -0.2) is 0 Å². The molecule has 0 radical (unpaired) electrons. The van der Waals surface area contributed by atoms with Gasteiger partial charge in [-0.05, 0) is 61.7 Å². The third kappa shape index (κ3) is 4.67. The fourth-order valence-electron chi connectivity index (χ4n) is 3.83. The zero-order chi connectivity index (χ0) is 20.1. The molecule has 0 saturated carbocycles. The van der Waals surface area contributed by atoms with Gasteiger partial charge in [0.25, 0.3) is 0 Å². The van der Waals surface area contributed by atoms with Crippen LogP contribution in [-0.2, 0) is 4.79 Å². The first-order valence-electron chi connectivity index (χ1n) is 9.56. The van der Waals surface area contributed by atoms with Crippen LogP contribution >= 0.6 is 15.9 Å². The number of piperidine rings is 1. The molecule has 1 fully saturated rings. The normalized spacial score (nSPS) is 18.5. The van der Waals surface area contributed by atoms with E-state index in [-0.39, 0.29) is 12.0 Å². The van der Waals surface area contributed by atoms with Gasteiger partial charge in [0.1, 0.15) is 0 Å². The number of halogens is 1. The number of likely N-dealkylation sites (tertiary alicyclic amines) is 1. The second-order valence-electron chi connectivity index (χ2n) is 6.97. The quantitative estimate of drug-likeness (QED) is 0.663. The van der Waals surface area contributed by atoms with E-state index in [0.717, 1.165) is 35.0 Å². The summed E-state index contributed by atoms with van der Waals surface area (Å²) in [7, 11) is 1.63. The second kappa shape index (κ2) is 9.43. The molecule has 2 atom stereocenters. The first kappa shape index (κ1) is 20.7. The zero-order valence-corrected chi connectivity index (χ0v) is 17.8. The van der Waals surface area contributed by atoms with Crippen LogP contribution in [0.1, 0.15) is 36.9 Å². The lowest BCUT2D eigenvalue weighted by molar-refractivity contribution is -0.143. The molecule has 1 heterocycles. The Hall–Kier alpha value is -2.05. The molecule has 0 bridgehead atoms. The van der Waals surface area contributed by atoms with Crippen LogP contribution in [-0.4, -0.2) is 42.8 Å². The highest BCUT2D eigenvalue weighted by Gasteiger charge is 2.31. The Morgan fingerprint density at radius 2 is 1.93 bits per heavy atom. The van der Waals surface area contributed by atoms with Crippen LogP contribution in [0.25, 0.3) is 0 Å². The van der Waals surface area contributed by atoms with Crippen molar-refractivity contribution in [3.05, 3.63) is 58.1 Å². The first-order chi connectivity index (χ1) is 13.5. The standard InChI is InChI=1S/C22H26BrNO4/c1-3-28-20-13-16(8-11-19(20)27-2)21(15-6-9-18(23)10-7-15)24-12-4-5-17(14-24)22(25)26/h6-11,13,17,21H,3-5,12,14H2,1-2H3,(H,25,26). The van der Waals surface area contributed by atoms with Gasteiger partial charge < -0.3 is 14.6 Å². The fraction of sp³-hybridized carbons (Fsp3) is 0.409. The van der Waals surface area contributed by atoms with Crippen molar-refractivity contribution in [1.29, 1.82) is 0 Å². The Bertz CT molecular complexity index is 809. The van der Waals surface area contributed by atoms with Gasteiger partial charge in [0.15, 0.2) is 11.5 Å². The van der Waals surface area contributed by atoms with Crippen LogP contribution in [0, 0.1) is 5.92 Å². The van der Waals surface area contributed by atoms with E-state index in [1.54, 1.807) is 7.11 Å². The molecule has 6 heteroatoms. The zero-order valence-electron chi connectivity index (χ0n) is 16.2. The number of nitrogens with zero attached hydrogens (tertiary/aromatic N) is 1. The molecule has 1 aliphatic heterocycles. The van der Waals surface area contributed by atoms with Crippen molar-refractivity contribution >= 4 is 21.9 Å². The van der Waals surface area contributed by atoms with Gasteiger partial charge in [-0.15, -0.1) is 0 Å². The number of carboxylic acid groups (broad SMARTS) is 1. The molecule has 2 aromatic rings. The average molecular weight is 448 g/mol. The molecule has 0 aliphatic carbocycles. The molecule has 3 rings (SSSR count). The summed E-state index contributed by atoms with van der Waals surface area (Å²) in [6.07, 6.45) is 1.60. The van der Waals surface area contributed by atoms with Crippen LogP contribution in [0.15, 0.2) is 46.9 Å². The van der Waals surface area contributed by atoms with Crippen molar-refractivity contribution in [2.75, 3.05) is 26.8 Å². The van der Waals surface area contributed by atoms with E-state index in [2.05, 4.69) is 33.0 Å². The van der Waals surface area contributed by atoms with Crippen LogP contribution in [0.3, 0.4) is 0 Å². The maximum atomic E-state index is 11.6. The summed E-state index contributed by atoms with van der Waals surface area (Å²) in [6, 6.07) is 14.2. The van der Waals surface area contributed by atoms with E-state index in [0.29, 0.717) is 24.7 Å². The molecule has 2 aromatic carbocycles. The van der Waals surface area contributed by atoms with Crippen molar-refractivity contribution in [3.8, 4) is 11.5 Å².